The number of hydrogen-bond donors (Lipinski definition) is 0. The van der Waals surface area contributed by atoms with E-state index in [2.05, 4.69) is 4.90 Å². The lowest BCUT2D eigenvalue weighted by atomic mass is 10.1. The van der Waals surface area contributed by atoms with Gasteiger partial charge in [0, 0.05) is 12.8 Å². The highest BCUT2D eigenvalue weighted by Gasteiger charge is 2.15. The molecular formula is C13H23NO3. The maximum absolute atomic E-state index is 11.2. The summed E-state index contributed by atoms with van der Waals surface area (Å²) in [7, 11) is 0. The van der Waals surface area contributed by atoms with Crippen molar-refractivity contribution in [3.05, 3.63) is 0 Å². The van der Waals surface area contributed by atoms with Crippen LogP contribution in [0.5, 0.6) is 0 Å². The van der Waals surface area contributed by atoms with E-state index in [1.54, 1.807) is 0 Å². The molecule has 0 spiro atoms. The van der Waals surface area contributed by atoms with E-state index in [4.69, 9.17) is 4.74 Å². The first-order valence-corrected chi connectivity index (χ1v) is 6.62. The number of ether oxygens (including phenoxy) is 1. The molecule has 1 saturated heterocycles. The Morgan fingerprint density at radius 1 is 1.35 bits per heavy atom. The molecule has 0 aromatic rings. The average molecular weight is 241 g/mol. The highest BCUT2D eigenvalue weighted by atomic mass is 16.5. The van der Waals surface area contributed by atoms with Gasteiger partial charge in [-0.25, -0.2) is 0 Å². The first-order chi connectivity index (χ1) is 8.22. The molecule has 17 heavy (non-hydrogen) atoms. The SMILES string of the molecule is CCOC(=O)CCCCCN1CCCC(=O)C1. The van der Waals surface area contributed by atoms with Crippen LogP contribution in [0.4, 0.5) is 0 Å². The summed E-state index contributed by atoms with van der Waals surface area (Å²) in [6.45, 7) is 4.94. The second kappa shape index (κ2) is 8.23. The van der Waals surface area contributed by atoms with Gasteiger partial charge in [0.25, 0.3) is 0 Å². The van der Waals surface area contributed by atoms with E-state index in [1.807, 2.05) is 6.92 Å². The summed E-state index contributed by atoms with van der Waals surface area (Å²) in [5, 5.41) is 0. The van der Waals surface area contributed by atoms with Gasteiger partial charge in [0.1, 0.15) is 5.78 Å². The first-order valence-electron chi connectivity index (χ1n) is 6.62. The zero-order valence-corrected chi connectivity index (χ0v) is 10.7. The van der Waals surface area contributed by atoms with Gasteiger partial charge in [0.2, 0.25) is 0 Å². The highest BCUT2D eigenvalue weighted by molar-refractivity contribution is 5.81. The zero-order chi connectivity index (χ0) is 12.5. The highest BCUT2D eigenvalue weighted by Crippen LogP contribution is 2.08. The van der Waals surface area contributed by atoms with Crippen molar-refractivity contribution in [2.75, 3.05) is 26.2 Å². The molecule has 0 bridgehead atoms. The fourth-order valence-electron chi connectivity index (χ4n) is 2.11. The van der Waals surface area contributed by atoms with Crippen LogP contribution in [0.25, 0.3) is 0 Å². The number of carbonyl (C=O) groups is 2. The van der Waals surface area contributed by atoms with Gasteiger partial charge in [-0.1, -0.05) is 6.42 Å². The molecule has 0 N–H and O–H groups in total. The van der Waals surface area contributed by atoms with Crippen LogP contribution in [0.15, 0.2) is 0 Å². The number of ketones is 1. The van der Waals surface area contributed by atoms with Crippen molar-refractivity contribution in [1.82, 2.24) is 4.90 Å². The number of nitrogens with zero attached hydrogens (tertiary/aromatic N) is 1. The molecule has 0 unspecified atom stereocenters. The Bertz CT molecular complexity index is 253. The predicted molar refractivity (Wildman–Crippen MR) is 65.8 cm³/mol. The van der Waals surface area contributed by atoms with E-state index in [0.29, 0.717) is 25.4 Å². The summed E-state index contributed by atoms with van der Waals surface area (Å²) in [6, 6.07) is 0. The molecule has 1 aliphatic rings. The third-order valence-electron chi connectivity index (χ3n) is 2.99. The van der Waals surface area contributed by atoms with Crippen molar-refractivity contribution in [2.45, 2.75) is 45.4 Å². The van der Waals surface area contributed by atoms with Gasteiger partial charge in [-0.3, -0.25) is 14.5 Å². The third kappa shape index (κ3) is 6.41. The van der Waals surface area contributed by atoms with Crippen molar-refractivity contribution < 1.29 is 14.3 Å². The van der Waals surface area contributed by atoms with E-state index >= 15 is 0 Å². The van der Waals surface area contributed by atoms with E-state index < -0.39 is 0 Å². The molecule has 4 nitrogen and oxygen atoms in total. The molecule has 0 aromatic carbocycles. The fraction of sp³-hybridized carbons (Fsp3) is 0.846. The van der Waals surface area contributed by atoms with E-state index in [1.165, 1.54) is 0 Å². The van der Waals surface area contributed by atoms with E-state index in [-0.39, 0.29) is 5.97 Å². The van der Waals surface area contributed by atoms with Gasteiger partial charge in [-0.15, -0.1) is 0 Å². The van der Waals surface area contributed by atoms with Crippen LogP contribution in [0, 0.1) is 0 Å². The summed E-state index contributed by atoms with van der Waals surface area (Å²) in [5.41, 5.74) is 0. The second-order valence-electron chi connectivity index (χ2n) is 4.53. The van der Waals surface area contributed by atoms with Gasteiger partial charge < -0.3 is 4.74 Å². The average Bonchev–Trinajstić information content (AvgIpc) is 2.29. The summed E-state index contributed by atoms with van der Waals surface area (Å²) >= 11 is 0. The molecule has 1 fully saturated rings. The normalized spacial score (nSPS) is 17.1. The summed E-state index contributed by atoms with van der Waals surface area (Å²) < 4.78 is 4.86. The van der Waals surface area contributed by atoms with Crippen LogP contribution < -0.4 is 0 Å². The number of rotatable bonds is 7. The lowest BCUT2D eigenvalue weighted by molar-refractivity contribution is -0.143. The topological polar surface area (TPSA) is 46.6 Å². The molecule has 0 aromatic heterocycles. The number of unbranched alkanes of at least 4 members (excludes halogenated alkanes) is 2. The lowest BCUT2D eigenvalue weighted by Gasteiger charge is -2.25. The molecule has 1 aliphatic heterocycles. The number of carbonyl (C=O) groups excluding carboxylic acids is 2. The molecule has 4 heteroatoms. The molecule has 98 valence electrons. The van der Waals surface area contributed by atoms with Gasteiger partial charge in [0.15, 0.2) is 0 Å². The van der Waals surface area contributed by atoms with Crippen LogP contribution in [0.2, 0.25) is 0 Å². The first kappa shape index (κ1) is 14.2. The minimum Gasteiger partial charge on any atom is -0.466 e. The number of hydrogen-bond acceptors (Lipinski definition) is 4. The van der Waals surface area contributed by atoms with Gasteiger partial charge in [0.05, 0.1) is 13.2 Å². The fourth-order valence-corrected chi connectivity index (χ4v) is 2.11. The Labute approximate surface area is 103 Å². The molecule has 0 atom stereocenters. The molecule has 0 amide bonds. The predicted octanol–water partition coefficient (Wildman–Crippen LogP) is 1.77. The van der Waals surface area contributed by atoms with Crippen molar-refractivity contribution >= 4 is 11.8 Å². The number of likely N-dealkylation sites (tertiary alicyclic amines) is 1. The molecule has 1 rings (SSSR count). The molecule has 0 aliphatic carbocycles. The van der Waals surface area contributed by atoms with Crippen molar-refractivity contribution in [2.24, 2.45) is 0 Å². The Morgan fingerprint density at radius 3 is 2.88 bits per heavy atom. The van der Waals surface area contributed by atoms with Gasteiger partial charge >= 0.3 is 5.97 Å². The Morgan fingerprint density at radius 2 is 2.18 bits per heavy atom. The van der Waals surface area contributed by atoms with Crippen molar-refractivity contribution in [3.63, 3.8) is 0 Å². The van der Waals surface area contributed by atoms with Crippen molar-refractivity contribution in [1.29, 1.82) is 0 Å². The number of Topliss-reactive ketones (excluding diaryl/α,β-unsaturated/α-hetero) is 1. The van der Waals surface area contributed by atoms with Gasteiger partial charge in [-0.05, 0) is 39.3 Å². The lowest BCUT2D eigenvalue weighted by Crippen LogP contribution is -2.36. The van der Waals surface area contributed by atoms with Crippen LogP contribution in [-0.2, 0) is 14.3 Å². The largest absolute Gasteiger partial charge is 0.466 e. The molecule has 0 saturated carbocycles. The maximum Gasteiger partial charge on any atom is 0.305 e. The Kier molecular flexibility index (Phi) is 6.86. The van der Waals surface area contributed by atoms with Crippen molar-refractivity contribution in [3.8, 4) is 0 Å². The summed E-state index contributed by atoms with van der Waals surface area (Å²) in [6.07, 6.45) is 5.25. The zero-order valence-electron chi connectivity index (χ0n) is 10.7. The molecule has 0 radical (unpaired) electrons. The van der Waals surface area contributed by atoms with Crippen LogP contribution in [0.1, 0.15) is 45.4 Å². The van der Waals surface area contributed by atoms with E-state index in [0.717, 1.165) is 45.2 Å². The number of esters is 1. The molecular weight excluding hydrogens is 218 g/mol. The van der Waals surface area contributed by atoms with Crippen LogP contribution >= 0.6 is 0 Å². The third-order valence-corrected chi connectivity index (χ3v) is 2.99. The monoisotopic (exact) mass is 241 g/mol. The maximum atomic E-state index is 11.2. The van der Waals surface area contributed by atoms with Gasteiger partial charge in [-0.2, -0.15) is 0 Å². The Balaban J connectivity index is 1.96. The quantitative estimate of drug-likeness (QED) is 0.503. The minimum atomic E-state index is -0.0966. The second-order valence-corrected chi connectivity index (χ2v) is 4.53. The number of piperidine rings is 1. The Hall–Kier alpha value is -0.900. The summed E-state index contributed by atoms with van der Waals surface area (Å²) in [5.74, 6) is 0.267. The van der Waals surface area contributed by atoms with Crippen LogP contribution in [-0.4, -0.2) is 42.9 Å². The standard InChI is InChI=1S/C13H23NO3/c1-2-17-13(16)8-4-3-5-9-14-10-6-7-12(15)11-14/h2-11H2,1H3. The smallest absolute Gasteiger partial charge is 0.305 e. The van der Waals surface area contributed by atoms with E-state index in [9.17, 15) is 9.59 Å². The summed E-state index contributed by atoms with van der Waals surface area (Å²) in [4.78, 5) is 24.5. The minimum absolute atomic E-state index is 0.0966. The van der Waals surface area contributed by atoms with Crippen LogP contribution in [0.3, 0.4) is 0 Å². The molecule has 1 heterocycles.